The van der Waals surface area contributed by atoms with Gasteiger partial charge in [-0.15, -0.1) is 13.2 Å². The van der Waals surface area contributed by atoms with Gasteiger partial charge in [0, 0.05) is 5.69 Å². The van der Waals surface area contributed by atoms with Crippen LogP contribution in [0.25, 0.3) is 0 Å². The van der Waals surface area contributed by atoms with E-state index in [0.29, 0.717) is 5.69 Å². The molecule has 3 nitrogen and oxygen atoms in total. The van der Waals surface area contributed by atoms with Crippen molar-refractivity contribution in [3.63, 3.8) is 0 Å². The number of hydrogen-bond donors (Lipinski definition) is 1. The zero-order valence-electron chi connectivity index (χ0n) is 8.34. The van der Waals surface area contributed by atoms with E-state index in [4.69, 9.17) is 0 Å². The maximum atomic E-state index is 12.0. The Morgan fingerprint density at radius 1 is 1.47 bits per heavy atom. The van der Waals surface area contributed by atoms with Gasteiger partial charge in [0.2, 0.25) is 5.91 Å². The van der Waals surface area contributed by atoms with Gasteiger partial charge in [0.05, 0.1) is 4.47 Å². The van der Waals surface area contributed by atoms with E-state index in [1.165, 1.54) is 12.1 Å². The SMILES string of the molecule is C=CC(=O)Nc1ccc(OC(F)(F)F)c(Br)c1. The van der Waals surface area contributed by atoms with Gasteiger partial charge in [-0.05, 0) is 40.2 Å². The quantitative estimate of drug-likeness (QED) is 0.868. The van der Waals surface area contributed by atoms with Gasteiger partial charge in [0.25, 0.3) is 0 Å². The van der Waals surface area contributed by atoms with Crippen molar-refractivity contribution in [2.45, 2.75) is 6.36 Å². The molecule has 0 aliphatic carbocycles. The number of halogens is 4. The number of carbonyl (C=O) groups excluding carboxylic acids is 1. The third kappa shape index (κ3) is 4.48. The number of anilines is 1. The summed E-state index contributed by atoms with van der Waals surface area (Å²) < 4.78 is 39.7. The minimum atomic E-state index is -4.76. The summed E-state index contributed by atoms with van der Waals surface area (Å²) in [7, 11) is 0. The summed E-state index contributed by atoms with van der Waals surface area (Å²) in [6.07, 6.45) is -3.71. The van der Waals surface area contributed by atoms with E-state index in [9.17, 15) is 18.0 Å². The van der Waals surface area contributed by atoms with E-state index in [1.54, 1.807) is 0 Å². The lowest BCUT2D eigenvalue weighted by Gasteiger charge is -2.11. The summed E-state index contributed by atoms with van der Waals surface area (Å²) >= 11 is 2.91. The second-order valence-electron chi connectivity index (χ2n) is 2.89. The molecule has 0 spiro atoms. The van der Waals surface area contributed by atoms with Crippen LogP contribution in [-0.4, -0.2) is 12.3 Å². The van der Waals surface area contributed by atoms with Crippen molar-refractivity contribution < 1.29 is 22.7 Å². The van der Waals surface area contributed by atoms with E-state index in [-0.39, 0.29) is 10.2 Å². The van der Waals surface area contributed by atoms with Crippen molar-refractivity contribution in [1.82, 2.24) is 0 Å². The van der Waals surface area contributed by atoms with Gasteiger partial charge in [-0.1, -0.05) is 6.58 Å². The molecule has 1 aromatic rings. The molecule has 0 aliphatic rings. The Bertz CT molecular complexity index is 446. The molecule has 7 heteroatoms. The average molecular weight is 310 g/mol. The highest BCUT2D eigenvalue weighted by Crippen LogP contribution is 2.32. The number of hydrogen-bond acceptors (Lipinski definition) is 2. The maximum absolute atomic E-state index is 12.0. The molecule has 17 heavy (non-hydrogen) atoms. The summed E-state index contributed by atoms with van der Waals surface area (Å²) in [6, 6.07) is 3.67. The predicted octanol–water partition coefficient (Wildman–Crippen LogP) is 3.47. The van der Waals surface area contributed by atoms with Crippen LogP contribution in [0.3, 0.4) is 0 Å². The fourth-order valence-corrected chi connectivity index (χ4v) is 1.44. The Balaban J connectivity index is 2.86. The third-order valence-corrected chi connectivity index (χ3v) is 2.23. The van der Waals surface area contributed by atoms with Gasteiger partial charge >= 0.3 is 6.36 Å². The van der Waals surface area contributed by atoms with Crippen molar-refractivity contribution >= 4 is 27.5 Å². The van der Waals surface area contributed by atoms with E-state index in [0.717, 1.165) is 12.1 Å². The van der Waals surface area contributed by atoms with E-state index < -0.39 is 12.3 Å². The standard InChI is InChI=1S/C10H7BrF3NO2/c1-2-9(16)15-6-3-4-8(7(11)5-6)17-10(12,13)14/h2-5H,1H2,(H,15,16). The summed E-state index contributed by atoms with van der Waals surface area (Å²) in [6.45, 7) is 3.25. The topological polar surface area (TPSA) is 38.3 Å². The van der Waals surface area contributed by atoms with Crippen LogP contribution in [0.5, 0.6) is 5.75 Å². The lowest BCUT2D eigenvalue weighted by molar-refractivity contribution is -0.274. The van der Waals surface area contributed by atoms with Crippen LogP contribution in [-0.2, 0) is 4.79 Å². The fraction of sp³-hybridized carbons (Fsp3) is 0.100. The Kier molecular flexibility index (Phi) is 4.17. The van der Waals surface area contributed by atoms with Crippen LogP contribution in [0.15, 0.2) is 35.3 Å². The number of ether oxygens (including phenoxy) is 1. The van der Waals surface area contributed by atoms with Gasteiger partial charge < -0.3 is 10.1 Å². The van der Waals surface area contributed by atoms with Gasteiger partial charge in [-0.3, -0.25) is 4.79 Å². The van der Waals surface area contributed by atoms with Gasteiger partial charge in [-0.2, -0.15) is 0 Å². The lowest BCUT2D eigenvalue weighted by atomic mass is 10.3. The van der Waals surface area contributed by atoms with Crippen LogP contribution in [0.2, 0.25) is 0 Å². The Morgan fingerprint density at radius 3 is 2.59 bits per heavy atom. The molecule has 0 saturated heterocycles. The molecule has 0 radical (unpaired) electrons. The molecule has 0 bridgehead atoms. The molecule has 0 unspecified atom stereocenters. The fourth-order valence-electron chi connectivity index (χ4n) is 0.979. The van der Waals surface area contributed by atoms with Crippen LogP contribution in [0.4, 0.5) is 18.9 Å². The predicted molar refractivity (Wildman–Crippen MR) is 59.7 cm³/mol. The first-order valence-electron chi connectivity index (χ1n) is 4.30. The molecule has 1 amide bonds. The molecule has 92 valence electrons. The lowest BCUT2D eigenvalue weighted by Crippen LogP contribution is -2.17. The highest BCUT2D eigenvalue weighted by atomic mass is 79.9. The van der Waals surface area contributed by atoms with Crippen molar-refractivity contribution in [3.05, 3.63) is 35.3 Å². The number of rotatable bonds is 3. The van der Waals surface area contributed by atoms with Crippen molar-refractivity contribution in [2.24, 2.45) is 0 Å². The zero-order valence-corrected chi connectivity index (χ0v) is 9.93. The van der Waals surface area contributed by atoms with E-state index in [2.05, 4.69) is 32.6 Å². The largest absolute Gasteiger partial charge is 0.573 e. The number of alkyl halides is 3. The van der Waals surface area contributed by atoms with Crippen LogP contribution in [0, 0.1) is 0 Å². The summed E-state index contributed by atoms with van der Waals surface area (Å²) in [5, 5.41) is 2.40. The van der Waals surface area contributed by atoms with Crippen molar-refractivity contribution in [1.29, 1.82) is 0 Å². The van der Waals surface area contributed by atoms with E-state index in [1.807, 2.05) is 0 Å². The summed E-state index contributed by atoms with van der Waals surface area (Å²) in [5.41, 5.74) is 0.330. The molecular weight excluding hydrogens is 303 g/mol. The molecule has 0 heterocycles. The third-order valence-electron chi connectivity index (χ3n) is 1.61. The Labute approximate surface area is 103 Å². The molecule has 0 saturated carbocycles. The highest BCUT2D eigenvalue weighted by molar-refractivity contribution is 9.10. The van der Waals surface area contributed by atoms with E-state index >= 15 is 0 Å². The molecule has 0 aromatic heterocycles. The normalized spacial score (nSPS) is 10.8. The molecule has 0 atom stereocenters. The molecule has 1 N–H and O–H groups in total. The first-order chi connectivity index (χ1) is 7.81. The molecular formula is C10H7BrF3NO2. The highest BCUT2D eigenvalue weighted by Gasteiger charge is 2.31. The molecule has 1 aromatic carbocycles. The minimum Gasteiger partial charge on any atom is -0.405 e. The number of amides is 1. The Hall–Kier alpha value is -1.50. The van der Waals surface area contributed by atoms with Crippen LogP contribution in [0.1, 0.15) is 0 Å². The monoisotopic (exact) mass is 309 g/mol. The number of nitrogens with one attached hydrogen (secondary N) is 1. The van der Waals surface area contributed by atoms with Crippen molar-refractivity contribution in [3.8, 4) is 5.75 Å². The number of benzene rings is 1. The second kappa shape index (κ2) is 5.22. The van der Waals surface area contributed by atoms with Crippen LogP contribution >= 0.6 is 15.9 Å². The van der Waals surface area contributed by atoms with Crippen molar-refractivity contribution in [2.75, 3.05) is 5.32 Å². The maximum Gasteiger partial charge on any atom is 0.573 e. The summed E-state index contributed by atoms with van der Waals surface area (Å²) in [5.74, 6) is -0.838. The molecule has 0 fully saturated rings. The first-order valence-corrected chi connectivity index (χ1v) is 5.10. The first kappa shape index (κ1) is 13.6. The summed E-state index contributed by atoms with van der Waals surface area (Å²) in [4.78, 5) is 11.0. The average Bonchev–Trinajstić information content (AvgIpc) is 2.20. The smallest absolute Gasteiger partial charge is 0.405 e. The van der Waals surface area contributed by atoms with Gasteiger partial charge in [0.15, 0.2) is 0 Å². The molecule has 0 aliphatic heterocycles. The van der Waals surface area contributed by atoms with Gasteiger partial charge in [0.1, 0.15) is 5.75 Å². The second-order valence-corrected chi connectivity index (χ2v) is 3.74. The molecule has 1 rings (SSSR count). The van der Waals surface area contributed by atoms with Crippen LogP contribution < -0.4 is 10.1 Å². The zero-order chi connectivity index (χ0) is 13.1. The minimum absolute atomic E-state index is 0.0803. The van der Waals surface area contributed by atoms with Gasteiger partial charge in [-0.25, -0.2) is 0 Å². The Morgan fingerprint density at radius 2 is 2.12 bits per heavy atom. The number of carbonyl (C=O) groups is 1.